The minimum atomic E-state index is -3.87. The van der Waals surface area contributed by atoms with Crippen molar-refractivity contribution in [2.75, 3.05) is 21.2 Å². The Hall–Kier alpha value is -1.80. The largest absolute Gasteiger partial charge is 0.497 e. The fraction of sp³-hybridized carbons (Fsp3) is 0.300. The third-order valence-corrected chi connectivity index (χ3v) is 3.27. The van der Waals surface area contributed by atoms with Gasteiger partial charge < -0.3 is 4.74 Å². The van der Waals surface area contributed by atoms with Gasteiger partial charge in [0, 0.05) is 14.1 Å². The van der Waals surface area contributed by atoms with Crippen LogP contribution < -0.4 is 14.9 Å². The number of nitrogens with zero attached hydrogens (tertiary/aromatic N) is 1. The van der Waals surface area contributed by atoms with Crippen molar-refractivity contribution in [1.29, 1.82) is 0 Å². The molecule has 0 spiro atoms. The van der Waals surface area contributed by atoms with E-state index in [-0.39, 0.29) is 4.90 Å². The molecular formula is C10H15N3O4S. The molecule has 0 aliphatic heterocycles. The van der Waals surface area contributed by atoms with E-state index >= 15 is 0 Å². The molecule has 0 fully saturated rings. The van der Waals surface area contributed by atoms with E-state index in [9.17, 15) is 13.2 Å². The van der Waals surface area contributed by atoms with Gasteiger partial charge in [-0.25, -0.2) is 22.9 Å². The van der Waals surface area contributed by atoms with Crippen LogP contribution in [-0.2, 0) is 10.0 Å². The van der Waals surface area contributed by atoms with E-state index in [1.807, 2.05) is 4.72 Å². The number of sulfonamides is 1. The number of amides is 2. The number of methoxy groups -OCH3 is 1. The van der Waals surface area contributed by atoms with Gasteiger partial charge in [-0.05, 0) is 24.3 Å². The van der Waals surface area contributed by atoms with Crippen LogP contribution in [0.3, 0.4) is 0 Å². The van der Waals surface area contributed by atoms with Crippen molar-refractivity contribution in [1.82, 2.24) is 15.2 Å². The SMILES string of the molecule is COc1ccc(S(=O)(=O)NC(=O)NN(C)C)cc1. The number of hydrogen-bond acceptors (Lipinski definition) is 5. The Morgan fingerprint density at radius 3 is 2.22 bits per heavy atom. The van der Waals surface area contributed by atoms with Gasteiger partial charge in [0.2, 0.25) is 0 Å². The molecule has 8 heteroatoms. The number of hydrogen-bond donors (Lipinski definition) is 2. The third-order valence-electron chi connectivity index (χ3n) is 1.92. The van der Waals surface area contributed by atoms with Gasteiger partial charge in [-0.3, -0.25) is 5.43 Å². The Kier molecular flexibility index (Phi) is 4.51. The van der Waals surface area contributed by atoms with Gasteiger partial charge in [0.15, 0.2) is 0 Å². The van der Waals surface area contributed by atoms with Crippen LogP contribution in [0.4, 0.5) is 4.79 Å². The molecule has 2 amide bonds. The van der Waals surface area contributed by atoms with Gasteiger partial charge >= 0.3 is 6.03 Å². The van der Waals surface area contributed by atoms with E-state index < -0.39 is 16.1 Å². The predicted octanol–water partition coefficient (Wildman–Crippen LogP) is 0.160. The van der Waals surface area contributed by atoms with Crippen LogP contribution in [0.1, 0.15) is 0 Å². The number of carbonyl (C=O) groups excluding carboxylic acids is 1. The minimum Gasteiger partial charge on any atom is -0.497 e. The van der Waals surface area contributed by atoms with Crippen LogP contribution in [0, 0.1) is 0 Å². The van der Waals surface area contributed by atoms with Crippen LogP contribution in [0.15, 0.2) is 29.2 Å². The van der Waals surface area contributed by atoms with Crippen molar-refractivity contribution in [2.24, 2.45) is 0 Å². The smallest absolute Gasteiger partial charge is 0.343 e. The number of hydrazine groups is 1. The summed E-state index contributed by atoms with van der Waals surface area (Å²) in [5.74, 6) is 0.534. The highest BCUT2D eigenvalue weighted by atomic mass is 32.2. The molecule has 0 atom stereocenters. The maximum Gasteiger partial charge on any atom is 0.343 e. The molecule has 0 aliphatic rings. The van der Waals surface area contributed by atoms with Crippen molar-refractivity contribution >= 4 is 16.1 Å². The molecule has 0 unspecified atom stereocenters. The first kappa shape index (κ1) is 14.3. The van der Waals surface area contributed by atoms with Gasteiger partial charge in [-0.2, -0.15) is 0 Å². The van der Waals surface area contributed by atoms with Gasteiger partial charge in [0.1, 0.15) is 5.75 Å². The summed E-state index contributed by atoms with van der Waals surface area (Å²) in [5.41, 5.74) is 2.27. The lowest BCUT2D eigenvalue weighted by molar-refractivity contribution is 0.217. The van der Waals surface area contributed by atoms with Crippen LogP contribution in [-0.4, -0.2) is 40.7 Å². The molecular weight excluding hydrogens is 258 g/mol. The molecule has 1 aromatic carbocycles. The second-order valence-corrected chi connectivity index (χ2v) is 5.30. The molecule has 0 saturated heterocycles. The lowest BCUT2D eigenvalue weighted by atomic mass is 10.3. The molecule has 0 aliphatic carbocycles. The summed E-state index contributed by atoms with van der Waals surface area (Å²) >= 11 is 0. The molecule has 0 aromatic heterocycles. The molecule has 100 valence electrons. The summed E-state index contributed by atoms with van der Waals surface area (Å²) < 4.78 is 30.4. The number of benzene rings is 1. The fourth-order valence-electron chi connectivity index (χ4n) is 1.16. The van der Waals surface area contributed by atoms with Crippen molar-refractivity contribution in [3.8, 4) is 5.75 Å². The Bertz CT molecular complexity index is 510. The molecule has 1 rings (SSSR count). The fourth-order valence-corrected chi connectivity index (χ4v) is 2.06. The Labute approximate surface area is 106 Å². The molecule has 18 heavy (non-hydrogen) atoms. The Morgan fingerprint density at radius 2 is 1.78 bits per heavy atom. The topological polar surface area (TPSA) is 87.7 Å². The van der Waals surface area contributed by atoms with Crippen LogP contribution in [0.2, 0.25) is 0 Å². The Balaban J connectivity index is 2.82. The highest BCUT2D eigenvalue weighted by Crippen LogP contribution is 2.14. The predicted molar refractivity (Wildman–Crippen MR) is 65.5 cm³/mol. The monoisotopic (exact) mass is 273 g/mol. The number of ether oxygens (including phenoxy) is 1. The average molecular weight is 273 g/mol. The maximum atomic E-state index is 11.8. The average Bonchev–Trinajstić information content (AvgIpc) is 2.27. The van der Waals surface area contributed by atoms with Gasteiger partial charge in [0.05, 0.1) is 12.0 Å². The van der Waals surface area contributed by atoms with Gasteiger partial charge in [-0.1, -0.05) is 0 Å². The molecule has 1 aromatic rings. The number of carbonyl (C=O) groups is 1. The zero-order valence-corrected chi connectivity index (χ0v) is 11.1. The van der Waals surface area contributed by atoms with Crippen LogP contribution >= 0.6 is 0 Å². The first-order valence-corrected chi connectivity index (χ1v) is 6.48. The summed E-state index contributed by atoms with van der Waals surface area (Å²) in [6.45, 7) is 0. The van der Waals surface area contributed by atoms with Crippen LogP contribution in [0.25, 0.3) is 0 Å². The molecule has 7 nitrogen and oxygen atoms in total. The highest BCUT2D eigenvalue weighted by Gasteiger charge is 2.17. The maximum absolute atomic E-state index is 11.8. The number of urea groups is 1. The first-order valence-electron chi connectivity index (χ1n) is 5.00. The summed E-state index contributed by atoms with van der Waals surface area (Å²) in [4.78, 5) is 11.3. The second kappa shape index (κ2) is 5.69. The van der Waals surface area contributed by atoms with E-state index in [2.05, 4.69) is 5.43 Å². The second-order valence-electron chi connectivity index (χ2n) is 3.62. The van der Waals surface area contributed by atoms with E-state index in [4.69, 9.17) is 4.74 Å². The molecule has 0 radical (unpaired) electrons. The minimum absolute atomic E-state index is 0.0165. The van der Waals surface area contributed by atoms with Crippen molar-refractivity contribution in [3.05, 3.63) is 24.3 Å². The highest BCUT2D eigenvalue weighted by molar-refractivity contribution is 7.90. The van der Waals surface area contributed by atoms with Crippen molar-refractivity contribution in [3.63, 3.8) is 0 Å². The molecule has 0 saturated carbocycles. The lowest BCUT2D eigenvalue weighted by Gasteiger charge is -2.13. The summed E-state index contributed by atoms with van der Waals surface area (Å²) in [6.07, 6.45) is 0. The van der Waals surface area contributed by atoms with Crippen LogP contribution in [0.5, 0.6) is 5.75 Å². The van der Waals surface area contributed by atoms with E-state index in [1.165, 1.54) is 36.4 Å². The van der Waals surface area contributed by atoms with Crippen molar-refractivity contribution in [2.45, 2.75) is 4.90 Å². The lowest BCUT2D eigenvalue weighted by Crippen LogP contribution is -2.45. The van der Waals surface area contributed by atoms with Gasteiger partial charge in [0.25, 0.3) is 10.0 Å². The van der Waals surface area contributed by atoms with Gasteiger partial charge in [-0.15, -0.1) is 0 Å². The summed E-state index contributed by atoms with van der Waals surface area (Å²) in [6, 6.07) is 4.88. The van der Waals surface area contributed by atoms with Crippen molar-refractivity contribution < 1.29 is 17.9 Å². The van der Waals surface area contributed by atoms with E-state index in [0.717, 1.165) is 0 Å². The number of nitrogens with one attached hydrogen (secondary N) is 2. The number of rotatable bonds is 4. The quantitative estimate of drug-likeness (QED) is 0.763. The summed E-state index contributed by atoms with van der Waals surface area (Å²) in [5, 5.41) is 1.33. The molecule has 2 N–H and O–H groups in total. The van der Waals surface area contributed by atoms with E-state index in [1.54, 1.807) is 14.1 Å². The molecule has 0 bridgehead atoms. The molecule has 0 heterocycles. The Morgan fingerprint density at radius 1 is 1.22 bits per heavy atom. The summed E-state index contributed by atoms with van der Waals surface area (Å²) in [7, 11) is 0.742. The zero-order chi connectivity index (χ0) is 13.8. The zero-order valence-electron chi connectivity index (χ0n) is 10.3. The standard InChI is InChI=1S/C10H15N3O4S/c1-13(2)11-10(14)12-18(15,16)9-6-4-8(17-3)5-7-9/h4-7H,1-3H3,(H2,11,12,14). The normalized spacial score (nSPS) is 11.1. The first-order chi connectivity index (χ1) is 8.35. The third kappa shape index (κ3) is 3.90. The van der Waals surface area contributed by atoms with E-state index in [0.29, 0.717) is 5.75 Å².